The third kappa shape index (κ3) is 17.6. The average Bonchev–Trinajstić information content (AvgIpc) is 1.97. The monoisotopic (exact) mass is 666 g/mol. The van der Waals surface area contributed by atoms with Gasteiger partial charge in [0, 0.05) is 118 Å². The summed E-state index contributed by atoms with van der Waals surface area (Å²) in [5.41, 5.74) is 0. The second kappa shape index (κ2) is 14.2. The van der Waals surface area contributed by atoms with Crippen LogP contribution in [0.1, 0.15) is 0 Å². The zero-order valence-corrected chi connectivity index (χ0v) is 37.3. The van der Waals surface area contributed by atoms with Crippen molar-refractivity contribution in [2.75, 3.05) is 0 Å². The van der Waals surface area contributed by atoms with E-state index in [9.17, 15) is 0 Å². The van der Waals surface area contributed by atoms with Crippen LogP contribution in [0.25, 0.3) is 0 Å². The molecule has 168 valence electrons. The second-order valence-electron chi connectivity index (χ2n) is 14.2. The Morgan fingerprint density at radius 2 is 0.345 bits per heavy atom. The van der Waals surface area contributed by atoms with Crippen LogP contribution >= 0.6 is 0 Å². The predicted octanol–water partition coefficient (Wildman–Crippen LogP) is 6.32. The molecular formula is C18H54Ge2MgSi8. The summed E-state index contributed by atoms with van der Waals surface area (Å²) >= 11 is 0. The second-order valence-corrected chi connectivity index (χ2v) is 87.8. The van der Waals surface area contributed by atoms with Crippen LogP contribution in [-0.4, -0.2) is 118 Å². The van der Waals surface area contributed by atoms with E-state index < -0.39 is 45.5 Å². The zero-order chi connectivity index (χ0) is 22.2. The smallest absolute Gasteiger partial charge is 0.0306 e. The van der Waals surface area contributed by atoms with E-state index in [1.165, 1.54) is 0 Å². The summed E-state index contributed by atoms with van der Waals surface area (Å²) in [6, 6.07) is 0. The fraction of sp³-hybridized carbons (Fsp3) is 1.00. The van der Waals surface area contributed by atoms with Crippen LogP contribution in [0.5, 0.6) is 0 Å². The van der Waals surface area contributed by atoms with Crippen molar-refractivity contribution in [2.24, 2.45) is 0 Å². The third-order valence-electron chi connectivity index (χ3n) is 4.50. The van der Waals surface area contributed by atoms with Gasteiger partial charge in [0.25, 0.3) is 0 Å². The molecule has 11 heteroatoms. The topological polar surface area (TPSA) is 0 Å². The fourth-order valence-electron chi connectivity index (χ4n) is 6.75. The van der Waals surface area contributed by atoms with E-state index in [0.717, 1.165) is 0 Å². The molecule has 0 atom stereocenters. The molecule has 12 radical (unpaired) electrons. The molecule has 0 aromatic heterocycles. The Morgan fingerprint density at radius 3 is 0.345 bits per heavy atom. The van der Waals surface area contributed by atoms with E-state index in [1.54, 1.807) is 0 Å². The van der Waals surface area contributed by atoms with Gasteiger partial charge in [-0.15, -0.1) is 0 Å². The molecule has 0 fully saturated rings. The molecule has 0 bridgehead atoms. The van der Waals surface area contributed by atoms with E-state index in [4.69, 9.17) is 0 Å². The molecule has 0 aromatic carbocycles. The summed E-state index contributed by atoms with van der Waals surface area (Å²) < 4.78 is 0. The molecule has 0 saturated carbocycles. The van der Waals surface area contributed by atoms with Crippen LogP contribution in [0.3, 0.4) is 0 Å². The van der Waals surface area contributed by atoms with Crippen molar-refractivity contribution in [3.63, 3.8) is 0 Å². The minimum atomic E-state index is -0.832. The fourth-order valence-corrected chi connectivity index (χ4v) is 182. The Bertz CT molecular complexity index is 327. The maximum absolute atomic E-state index is 2.61. The van der Waals surface area contributed by atoms with Gasteiger partial charge in [-0.05, 0) is 0 Å². The van der Waals surface area contributed by atoms with Crippen LogP contribution in [0, 0.1) is 0 Å². The van der Waals surface area contributed by atoms with Crippen molar-refractivity contribution >= 4 is 118 Å². The van der Waals surface area contributed by atoms with Crippen LogP contribution in [0.4, 0.5) is 0 Å². The van der Waals surface area contributed by atoms with Crippen LogP contribution < -0.4 is 0 Å². The molecule has 0 nitrogen and oxygen atoms in total. The Kier molecular flexibility index (Phi) is 20.9. The summed E-state index contributed by atoms with van der Waals surface area (Å²) in [6.07, 6.45) is 0. The number of hydrogen-bond acceptors (Lipinski definition) is 0. The first-order chi connectivity index (χ1) is 10.7. The van der Waals surface area contributed by atoms with Gasteiger partial charge in [-0.25, -0.2) is 0 Å². The average molecular weight is 665 g/mol. The van der Waals surface area contributed by atoms with Gasteiger partial charge in [-0.3, -0.25) is 0 Å². The Labute approximate surface area is 233 Å². The maximum Gasteiger partial charge on any atom is 0.0306 e. The maximum atomic E-state index is 2.61. The van der Waals surface area contributed by atoms with Crippen molar-refractivity contribution in [1.29, 1.82) is 0 Å². The molecule has 0 N–H and O–H groups in total. The van der Waals surface area contributed by atoms with Gasteiger partial charge in [-0.1, -0.05) is 118 Å². The summed E-state index contributed by atoms with van der Waals surface area (Å²) in [7, 11) is -4.94. The largest absolute Gasteiger partial charge is 0.0721 e. The first kappa shape index (κ1) is 42.7. The van der Waals surface area contributed by atoms with Crippen molar-refractivity contribution in [3.05, 3.63) is 0 Å². The molecule has 0 amide bonds. The SMILES string of the molecule is C[Si](C)(C)[Si]([Si](C)(C)C)[Si](C)(C)C.C[Si](C)(C)[Si]([Si](C)(C)C)[Si](C)(C)C.[Ge].[Ge].[Mg]. The molecule has 0 saturated heterocycles. The van der Waals surface area contributed by atoms with E-state index in [2.05, 4.69) is 118 Å². The zero-order valence-electron chi connectivity index (χ0n) is 23.7. The van der Waals surface area contributed by atoms with Gasteiger partial charge in [-0.2, -0.15) is 0 Å². The van der Waals surface area contributed by atoms with E-state index in [1.807, 2.05) is 0 Å². The molecule has 0 aliphatic carbocycles. The summed E-state index contributed by atoms with van der Waals surface area (Å²) in [4.78, 5) is 0. The molecule has 0 rings (SSSR count). The van der Waals surface area contributed by atoms with Gasteiger partial charge < -0.3 is 0 Å². The summed E-state index contributed by atoms with van der Waals surface area (Å²) in [5.74, 6) is 0. The molecular weight excluding hydrogens is 610 g/mol. The molecule has 0 aliphatic heterocycles. The van der Waals surface area contributed by atoms with Gasteiger partial charge >= 0.3 is 0 Å². The van der Waals surface area contributed by atoms with Gasteiger partial charge in [0.2, 0.25) is 0 Å². The van der Waals surface area contributed by atoms with Crippen molar-refractivity contribution in [1.82, 2.24) is 0 Å². The Balaban J connectivity index is -0.000000120. The van der Waals surface area contributed by atoms with Crippen LogP contribution in [0.15, 0.2) is 0 Å². The van der Waals surface area contributed by atoms with Crippen molar-refractivity contribution in [2.45, 2.75) is 118 Å². The molecule has 0 aromatic rings. The normalized spacial score (nSPS) is 13.7. The minimum Gasteiger partial charge on any atom is -0.0721 e. The van der Waals surface area contributed by atoms with Crippen LogP contribution in [-0.2, 0) is 0 Å². The predicted molar refractivity (Wildman–Crippen MR) is 169 cm³/mol. The summed E-state index contributed by atoms with van der Waals surface area (Å²) in [5, 5.41) is 0. The quantitative estimate of drug-likeness (QED) is 0.292. The minimum absolute atomic E-state index is 0. The molecule has 0 heterocycles. The van der Waals surface area contributed by atoms with Crippen LogP contribution in [0.2, 0.25) is 118 Å². The van der Waals surface area contributed by atoms with Crippen molar-refractivity contribution in [3.8, 4) is 0 Å². The third-order valence-corrected chi connectivity index (χ3v) is 122. The first-order valence-electron chi connectivity index (χ1n) is 10.5. The number of hydrogen-bond donors (Lipinski definition) is 0. The Hall–Kier alpha value is 3.59. The van der Waals surface area contributed by atoms with Gasteiger partial charge in [0.15, 0.2) is 0 Å². The molecule has 29 heavy (non-hydrogen) atoms. The van der Waals surface area contributed by atoms with Gasteiger partial charge in [0.1, 0.15) is 0 Å². The number of rotatable bonds is 6. The molecule has 0 spiro atoms. The van der Waals surface area contributed by atoms with E-state index in [0.29, 0.717) is 0 Å². The van der Waals surface area contributed by atoms with Crippen molar-refractivity contribution < 1.29 is 0 Å². The molecule has 0 unspecified atom stereocenters. The molecule has 0 aliphatic rings. The first-order valence-corrected chi connectivity index (χ1v) is 40.5. The Morgan fingerprint density at radius 1 is 0.276 bits per heavy atom. The summed E-state index contributed by atoms with van der Waals surface area (Å²) in [6.45, 7) is 47.0. The van der Waals surface area contributed by atoms with Gasteiger partial charge in [0.05, 0.1) is 0 Å². The van der Waals surface area contributed by atoms with E-state index in [-0.39, 0.29) is 72.9 Å². The van der Waals surface area contributed by atoms with E-state index >= 15 is 0 Å². The standard InChI is InChI=1S/2C9H27Si4.2Ge.Mg/c2*1-11(2,3)10(12(4,5)6)13(7,8)9;;;/h2*1-9H3;;;.